The maximum atomic E-state index is 12.1. The summed E-state index contributed by atoms with van der Waals surface area (Å²) in [7, 11) is 0. The number of anilines is 1. The van der Waals surface area contributed by atoms with Crippen LogP contribution in [-0.2, 0) is 11.3 Å². The molecule has 2 heterocycles. The highest BCUT2D eigenvalue weighted by atomic mass is 16.5. The number of carbonyl (C=O) groups is 1. The highest BCUT2D eigenvalue weighted by Crippen LogP contribution is 2.09. The fraction of sp³-hybridized carbons (Fsp3) is 0.692. The number of likely N-dealkylation sites (N-methyl/N-ethyl adjacent to an activating group) is 1. The number of nitrogens with two attached hydrogens (primary N) is 1. The molecule has 0 radical (unpaired) electrons. The van der Waals surface area contributed by atoms with Crippen LogP contribution in [0.1, 0.15) is 24.3 Å². The summed E-state index contributed by atoms with van der Waals surface area (Å²) in [5.74, 6) is -0.244. The Morgan fingerprint density at radius 3 is 3.00 bits per heavy atom. The van der Waals surface area contributed by atoms with Crippen molar-refractivity contribution in [3.63, 3.8) is 0 Å². The standard InChI is InChI=1S/C13H23N5O2/c1-3-17-5-6-20-10(8-17)7-15-13(19)12-11(14)9-18(4-2)16-12/h9-10H,3-8,14H2,1-2H3,(H,15,19). The van der Waals surface area contributed by atoms with Gasteiger partial charge in [-0.1, -0.05) is 6.92 Å². The molecule has 112 valence electrons. The van der Waals surface area contributed by atoms with E-state index in [1.807, 2.05) is 6.92 Å². The van der Waals surface area contributed by atoms with Crippen LogP contribution in [-0.4, -0.2) is 59.5 Å². The van der Waals surface area contributed by atoms with Gasteiger partial charge in [-0.3, -0.25) is 14.4 Å². The van der Waals surface area contributed by atoms with E-state index in [-0.39, 0.29) is 17.7 Å². The first-order chi connectivity index (χ1) is 9.63. The van der Waals surface area contributed by atoms with Crippen LogP contribution in [0.2, 0.25) is 0 Å². The predicted octanol–water partition coefficient (Wildman–Crippen LogP) is -0.0643. The van der Waals surface area contributed by atoms with Crippen LogP contribution in [0.5, 0.6) is 0 Å². The molecule has 7 nitrogen and oxygen atoms in total. The van der Waals surface area contributed by atoms with Gasteiger partial charge >= 0.3 is 0 Å². The van der Waals surface area contributed by atoms with Crippen LogP contribution in [0.3, 0.4) is 0 Å². The fourth-order valence-corrected chi connectivity index (χ4v) is 2.26. The summed E-state index contributed by atoms with van der Waals surface area (Å²) in [5.41, 5.74) is 6.48. The molecule has 0 saturated carbocycles. The SMILES string of the molecule is CCN1CCOC(CNC(=O)c2nn(CC)cc2N)C1. The van der Waals surface area contributed by atoms with E-state index < -0.39 is 0 Å². The molecule has 7 heteroatoms. The third-order valence-electron chi connectivity index (χ3n) is 3.49. The lowest BCUT2D eigenvalue weighted by Crippen LogP contribution is -2.47. The lowest BCUT2D eigenvalue weighted by Gasteiger charge is -2.32. The van der Waals surface area contributed by atoms with Crippen molar-refractivity contribution in [1.82, 2.24) is 20.0 Å². The number of nitrogens with zero attached hydrogens (tertiary/aromatic N) is 3. The highest BCUT2D eigenvalue weighted by Gasteiger charge is 2.21. The number of amides is 1. The zero-order valence-electron chi connectivity index (χ0n) is 12.1. The van der Waals surface area contributed by atoms with Crippen molar-refractivity contribution in [2.75, 3.05) is 38.5 Å². The molecular weight excluding hydrogens is 258 g/mol. The molecule has 1 aliphatic heterocycles. The van der Waals surface area contributed by atoms with E-state index >= 15 is 0 Å². The lowest BCUT2D eigenvalue weighted by atomic mass is 10.2. The lowest BCUT2D eigenvalue weighted by molar-refractivity contribution is -0.0246. The third kappa shape index (κ3) is 3.49. The molecule has 1 aromatic heterocycles. The van der Waals surface area contributed by atoms with Gasteiger partial charge in [-0.05, 0) is 13.5 Å². The number of rotatable bonds is 5. The smallest absolute Gasteiger partial charge is 0.274 e. The fourth-order valence-electron chi connectivity index (χ4n) is 2.26. The number of nitrogens with one attached hydrogen (secondary N) is 1. The van der Waals surface area contributed by atoms with Gasteiger partial charge in [-0.15, -0.1) is 0 Å². The summed E-state index contributed by atoms with van der Waals surface area (Å²) >= 11 is 0. The summed E-state index contributed by atoms with van der Waals surface area (Å²) in [6.45, 7) is 8.75. The molecule has 0 aromatic carbocycles. The number of aromatic nitrogens is 2. The Morgan fingerprint density at radius 1 is 1.55 bits per heavy atom. The molecule has 1 aromatic rings. The minimum atomic E-state index is -0.244. The second-order valence-electron chi connectivity index (χ2n) is 4.88. The average Bonchev–Trinajstić information content (AvgIpc) is 2.86. The first-order valence-corrected chi connectivity index (χ1v) is 7.09. The molecule has 3 N–H and O–H groups in total. The van der Waals surface area contributed by atoms with Gasteiger partial charge < -0.3 is 15.8 Å². The largest absolute Gasteiger partial charge is 0.396 e. The van der Waals surface area contributed by atoms with Crippen molar-refractivity contribution in [2.45, 2.75) is 26.5 Å². The zero-order valence-corrected chi connectivity index (χ0v) is 12.1. The molecule has 1 fully saturated rings. The number of hydrogen-bond donors (Lipinski definition) is 2. The molecule has 20 heavy (non-hydrogen) atoms. The number of carbonyl (C=O) groups excluding carboxylic acids is 1. The Balaban J connectivity index is 1.86. The van der Waals surface area contributed by atoms with Gasteiger partial charge in [-0.2, -0.15) is 5.10 Å². The Labute approximate surface area is 119 Å². The molecule has 0 spiro atoms. The van der Waals surface area contributed by atoms with E-state index in [2.05, 4.69) is 22.2 Å². The third-order valence-corrected chi connectivity index (χ3v) is 3.49. The van der Waals surface area contributed by atoms with Gasteiger partial charge in [0, 0.05) is 32.4 Å². The quantitative estimate of drug-likeness (QED) is 0.789. The van der Waals surface area contributed by atoms with Crippen molar-refractivity contribution in [2.24, 2.45) is 0 Å². The van der Waals surface area contributed by atoms with Gasteiger partial charge in [-0.25, -0.2) is 0 Å². The Hall–Kier alpha value is -1.60. The van der Waals surface area contributed by atoms with Crippen molar-refractivity contribution in [3.8, 4) is 0 Å². The summed E-state index contributed by atoms with van der Waals surface area (Å²) < 4.78 is 7.29. The molecule has 1 atom stereocenters. The second kappa shape index (κ2) is 6.71. The van der Waals surface area contributed by atoms with Crippen LogP contribution < -0.4 is 11.1 Å². The van der Waals surface area contributed by atoms with Gasteiger partial charge in [0.15, 0.2) is 5.69 Å². The average molecular weight is 281 g/mol. The number of ether oxygens (including phenoxy) is 1. The molecule has 2 rings (SSSR count). The summed E-state index contributed by atoms with van der Waals surface area (Å²) in [5, 5.41) is 7.00. The van der Waals surface area contributed by atoms with E-state index in [9.17, 15) is 4.79 Å². The topological polar surface area (TPSA) is 85.4 Å². The van der Waals surface area contributed by atoms with Crippen LogP contribution in [0.25, 0.3) is 0 Å². The molecule has 0 bridgehead atoms. The second-order valence-corrected chi connectivity index (χ2v) is 4.88. The van der Waals surface area contributed by atoms with E-state index in [0.717, 1.165) is 19.6 Å². The molecule has 0 aliphatic carbocycles. The monoisotopic (exact) mass is 281 g/mol. The molecule has 1 aliphatic rings. The molecule has 1 saturated heterocycles. The maximum Gasteiger partial charge on any atom is 0.274 e. The predicted molar refractivity (Wildman–Crippen MR) is 76.5 cm³/mol. The van der Waals surface area contributed by atoms with Crippen molar-refractivity contribution >= 4 is 11.6 Å². The molecular formula is C13H23N5O2. The number of aryl methyl sites for hydroxylation is 1. The Kier molecular flexibility index (Phi) is 4.97. The normalized spacial score (nSPS) is 20.0. The van der Waals surface area contributed by atoms with Crippen molar-refractivity contribution in [1.29, 1.82) is 0 Å². The molecule has 1 unspecified atom stereocenters. The van der Waals surface area contributed by atoms with Gasteiger partial charge in [0.1, 0.15) is 0 Å². The Morgan fingerprint density at radius 2 is 2.35 bits per heavy atom. The van der Waals surface area contributed by atoms with Gasteiger partial charge in [0.05, 0.1) is 18.4 Å². The van der Waals surface area contributed by atoms with Crippen molar-refractivity contribution in [3.05, 3.63) is 11.9 Å². The van der Waals surface area contributed by atoms with Crippen LogP contribution in [0.4, 0.5) is 5.69 Å². The minimum Gasteiger partial charge on any atom is -0.396 e. The van der Waals surface area contributed by atoms with Crippen LogP contribution >= 0.6 is 0 Å². The van der Waals surface area contributed by atoms with E-state index in [4.69, 9.17) is 10.5 Å². The minimum absolute atomic E-state index is 0.0298. The first-order valence-electron chi connectivity index (χ1n) is 7.09. The van der Waals surface area contributed by atoms with E-state index in [1.54, 1.807) is 10.9 Å². The Bertz CT molecular complexity index is 460. The maximum absolute atomic E-state index is 12.1. The van der Waals surface area contributed by atoms with Crippen molar-refractivity contribution < 1.29 is 9.53 Å². The number of nitrogen functional groups attached to an aromatic ring is 1. The summed E-state index contributed by atoms with van der Waals surface area (Å²) in [6.07, 6.45) is 1.70. The van der Waals surface area contributed by atoms with E-state index in [0.29, 0.717) is 25.4 Å². The highest BCUT2D eigenvalue weighted by molar-refractivity contribution is 5.96. The zero-order chi connectivity index (χ0) is 14.5. The van der Waals surface area contributed by atoms with Gasteiger partial charge in [0.2, 0.25) is 0 Å². The number of hydrogen-bond acceptors (Lipinski definition) is 5. The summed E-state index contributed by atoms with van der Waals surface area (Å²) in [4.78, 5) is 14.4. The molecule has 1 amide bonds. The van der Waals surface area contributed by atoms with Gasteiger partial charge in [0.25, 0.3) is 5.91 Å². The summed E-state index contributed by atoms with van der Waals surface area (Å²) in [6, 6.07) is 0. The van der Waals surface area contributed by atoms with E-state index in [1.165, 1.54) is 0 Å². The number of morpholine rings is 1. The van der Waals surface area contributed by atoms with Crippen LogP contribution in [0, 0.1) is 0 Å². The van der Waals surface area contributed by atoms with Crippen LogP contribution in [0.15, 0.2) is 6.20 Å². The first kappa shape index (κ1) is 14.8.